The van der Waals surface area contributed by atoms with E-state index in [0.717, 1.165) is 27.7 Å². The van der Waals surface area contributed by atoms with Crippen LogP contribution >= 0.6 is 11.6 Å². The Labute approximate surface area is 174 Å². The first-order valence-corrected chi connectivity index (χ1v) is 9.49. The Morgan fingerprint density at radius 2 is 1.52 bits per heavy atom. The Balaban J connectivity index is 1.93. The number of aromatic nitrogens is 2. The van der Waals surface area contributed by atoms with E-state index >= 15 is 0 Å². The number of methoxy groups -OCH3 is 2. The molecule has 6 heteroatoms. The number of nitrogens with one attached hydrogen (secondary N) is 1. The number of benzene rings is 3. The Morgan fingerprint density at radius 3 is 2.17 bits per heavy atom. The molecule has 0 spiro atoms. The Kier molecular flexibility index (Phi) is 5.23. The second-order valence-electron chi connectivity index (χ2n) is 6.65. The van der Waals surface area contributed by atoms with Gasteiger partial charge in [0.2, 0.25) is 0 Å². The van der Waals surface area contributed by atoms with Gasteiger partial charge in [0.05, 0.1) is 14.2 Å². The van der Waals surface area contributed by atoms with Gasteiger partial charge >= 0.3 is 0 Å². The number of hydrogen-bond acceptors (Lipinski definition) is 5. The van der Waals surface area contributed by atoms with E-state index in [1.54, 1.807) is 14.2 Å². The van der Waals surface area contributed by atoms with Crippen LogP contribution in [0.4, 0.5) is 11.5 Å². The van der Waals surface area contributed by atoms with Gasteiger partial charge in [-0.25, -0.2) is 0 Å². The van der Waals surface area contributed by atoms with Crippen molar-refractivity contribution in [3.05, 3.63) is 71.2 Å². The lowest BCUT2D eigenvalue weighted by Gasteiger charge is -2.15. The molecule has 0 amide bonds. The van der Waals surface area contributed by atoms with Crippen LogP contribution in [0.5, 0.6) is 11.5 Å². The molecule has 4 aromatic rings. The largest absolute Gasteiger partial charge is 0.493 e. The van der Waals surface area contributed by atoms with Crippen molar-refractivity contribution in [2.24, 2.45) is 0 Å². The minimum atomic E-state index is 0.610. The molecule has 3 aromatic carbocycles. The fourth-order valence-corrected chi connectivity index (χ4v) is 3.39. The minimum Gasteiger partial charge on any atom is -0.493 e. The predicted octanol–water partition coefficient (Wildman–Crippen LogP) is 6.02. The van der Waals surface area contributed by atoms with Crippen LogP contribution in [0.1, 0.15) is 5.56 Å². The first-order valence-electron chi connectivity index (χ1n) is 9.11. The quantitative estimate of drug-likeness (QED) is 0.440. The third-order valence-electron chi connectivity index (χ3n) is 4.70. The van der Waals surface area contributed by atoms with Crippen molar-refractivity contribution in [1.29, 1.82) is 0 Å². The molecule has 0 saturated heterocycles. The summed E-state index contributed by atoms with van der Waals surface area (Å²) in [6.07, 6.45) is 0. The summed E-state index contributed by atoms with van der Waals surface area (Å²) in [5, 5.41) is 14.7. The molecule has 5 nitrogen and oxygen atoms in total. The lowest BCUT2D eigenvalue weighted by Crippen LogP contribution is -2.00. The van der Waals surface area contributed by atoms with Crippen molar-refractivity contribution < 1.29 is 9.47 Å². The topological polar surface area (TPSA) is 56.3 Å². The SMILES string of the molecule is COc1cc2c(Nc3cccc(Cl)c3)nnc(-c3ccc(C)cc3)c2cc1OC. The maximum Gasteiger partial charge on any atom is 0.161 e. The fraction of sp³-hybridized carbons (Fsp3) is 0.130. The van der Waals surface area contributed by atoms with Crippen LogP contribution in [0.2, 0.25) is 5.02 Å². The normalized spacial score (nSPS) is 10.8. The molecule has 0 aliphatic carbocycles. The van der Waals surface area contributed by atoms with Gasteiger partial charge in [-0.2, -0.15) is 0 Å². The molecule has 0 unspecified atom stereocenters. The standard InChI is InChI=1S/C23H20ClN3O2/c1-14-7-9-15(10-8-14)22-18-12-20(28-2)21(29-3)13-19(18)23(27-26-22)25-17-6-4-5-16(24)11-17/h4-13H,1-3H3,(H,25,27). The summed E-state index contributed by atoms with van der Waals surface area (Å²) in [5.74, 6) is 1.87. The molecular weight excluding hydrogens is 386 g/mol. The van der Waals surface area contributed by atoms with Gasteiger partial charge in [0.1, 0.15) is 5.69 Å². The summed E-state index contributed by atoms with van der Waals surface area (Å²) in [5.41, 5.74) is 3.77. The van der Waals surface area contributed by atoms with E-state index in [9.17, 15) is 0 Å². The maximum absolute atomic E-state index is 6.12. The van der Waals surface area contributed by atoms with Gasteiger partial charge in [-0.1, -0.05) is 47.5 Å². The van der Waals surface area contributed by atoms with Crippen molar-refractivity contribution >= 4 is 33.9 Å². The van der Waals surface area contributed by atoms with E-state index < -0.39 is 0 Å². The molecule has 0 aliphatic rings. The molecule has 0 fully saturated rings. The summed E-state index contributed by atoms with van der Waals surface area (Å²) in [6, 6.07) is 19.5. The second-order valence-corrected chi connectivity index (χ2v) is 7.09. The summed E-state index contributed by atoms with van der Waals surface area (Å²) in [4.78, 5) is 0. The number of ether oxygens (including phenoxy) is 2. The molecule has 4 rings (SSSR count). The van der Waals surface area contributed by atoms with Crippen molar-refractivity contribution in [3.8, 4) is 22.8 Å². The highest BCUT2D eigenvalue weighted by Crippen LogP contribution is 2.39. The summed E-state index contributed by atoms with van der Waals surface area (Å²) in [7, 11) is 3.23. The first kappa shape index (κ1) is 19.0. The van der Waals surface area contributed by atoms with E-state index in [4.69, 9.17) is 21.1 Å². The van der Waals surface area contributed by atoms with Crippen LogP contribution < -0.4 is 14.8 Å². The fourth-order valence-electron chi connectivity index (χ4n) is 3.20. The molecular formula is C23H20ClN3O2. The van der Waals surface area contributed by atoms with Crippen molar-refractivity contribution in [1.82, 2.24) is 10.2 Å². The Morgan fingerprint density at radius 1 is 0.828 bits per heavy atom. The second kappa shape index (κ2) is 7.97. The molecule has 29 heavy (non-hydrogen) atoms. The lowest BCUT2D eigenvalue weighted by molar-refractivity contribution is 0.356. The number of fused-ring (bicyclic) bond motifs is 1. The number of anilines is 2. The van der Waals surface area contributed by atoms with Crippen LogP contribution in [-0.4, -0.2) is 24.4 Å². The highest BCUT2D eigenvalue weighted by molar-refractivity contribution is 6.30. The van der Waals surface area contributed by atoms with Crippen molar-refractivity contribution in [2.45, 2.75) is 6.92 Å². The number of aryl methyl sites for hydroxylation is 1. The molecule has 0 saturated carbocycles. The van der Waals surface area contributed by atoms with Crippen molar-refractivity contribution in [3.63, 3.8) is 0 Å². The van der Waals surface area contributed by atoms with Gasteiger partial charge in [0, 0.05) is 27.0 Å². The molecule has 0 bridgehead atoms. The highest BCUT2D eigenvalue weighted by Gasteiger charge is 2.16. The van der Waals surface area contributed by atoms with Crippen LogP contribution in [-0.2, 0) is 0 Å². The molecule has 1 aromatic heterocycles. The molecule has 0 radical (unpaired) electrons. The van der Waals surface area contributed by atoms with Crippen LogP contribution in [0.15, 0.2) is 60.7 Å². The van der Waals surface area contributed by atoms with Gasteiger partial charge in [0.25, 0.3) is 0 Å². The van der Waals surface area contributed by atoms with Gasteiger partial charge in [-0.05, 0) is 37.3 Å². The Hall–Kier alpha value is -3.31. The molecule has 0 atom stereocenters. The monoisotopic (exact) mass is 405 g/mol. The van der Waals surface area contributed by atoms with E-state index in [-0.39, 0.29) is 0 Å². The van der Waals surface area contributed by atoms with E-state index in [1.165, 1.54) is 5.56 Å². The van der Waals surface area contributed by atoms with Crippen LogP contribution in [0.25, 0.3) is 22.0 Å². The average Bonchev–Trinajstić information content (AvgIpc) is 2.74. The number of rotatable bonds is 5. The van der Waals surface area contributed by atoms with Crippen LogP contribution in [0.3, 0.4) is 0 Å². The van der Waals surface area contributed by atoms with Gasteiger partial charge < -0.3 is 14.8 Å². The zero-order valence-corrected chi connectivity index (χ0v) is 17.1. The zero-order chi connectivity index (χ0) is 20.4. The summed E-state index contributed by atoms with van der Waals surface area (Å²) in [6.45, 7) is 2.06. The van der Waals surface area contributed by atoms with E-state index in [1.807, 2.05) is 48.5 Å². The molecule has 1 N–H and O–H groups in total. The van der Waals surface area contributed by atoms with Gasteiger partial charge in [0.15, 0.2) is 17.3 Å². The number of nitrogens with zero attached hydrogens (tertiary/aromatic N) is 2. The summed E-state index contributed by atoms with van der Waals surface area (Å²) < 4.78 is 11.0. The Bertz CT molecular complexity index is 1180. The summed E-state index contributed by atoms with van der Waals surface area (Å²) >= 11 is 6.12. The third-order valence-corrected chi connectivity index (χ3v) is 4.93. The third kappa shape index (κ3) is 3.82. The first-order chi connectivity index (χ1) is 14.1. The maximum atomic E-state index is 6.12. The number of hydrogen-bond donors (Lipinski definition) is 1. The lowest BCUT2D eigenvalue weighted by atomic mass is 10.0. The highest BCUT2D eigenvalue weighted by atomic mass is 35.5. The van der Waals surface area contributed by atoms with E-state index in [0.29, 0.717) is 22.3 Å². The predicted molar refractivity (Wildman–Crippen MR) is 118 cm³/mol. The average molecular weight is 406 g/mol. The minimum absolute atomic E-state index is 0.610. The zero-order valence-electron chi connectivity index (χ0n) is 16.4. The smallest absolute Gasteiger partial charge is 0.161 e. The van der Waals surface area contributed by atoms with Crippen LogP contribution in [0, 0.1) is 6.92 Å². The molecule has 146 valence electrons. The van der Waals surface area contributed by atoms with Gasteiger partial charge in [-0.3, -0.25) is 0 Å². The van der Waals surface area contributed by atoms with E-state index in [2.05, 4.69) is 34.6 Å². The molecule has 1 heterocycles. The van der Waals surface area contributed by atoms with Gasteiger partial charge in [-0.15, -0.1) is 10.2 Å². The number of halogens is 1. The molecule has 0 aliphatic heterocycles. The van der Waals surface area contributed by atoms with Crippen molar-refractivity contribution in [2.75, 3.05) is 19.5 Å².